The second-order valence-electron chi connectivity index (χ2n) is 6.57. The van der Waals surface area contributed by atoms with Crippen molar-refractivity contribution < 1.29 is 9.59 Å². The number of benzene rings is 2. The molecule has 3 aromatic rings. The van der Waals surface area contributed by atoms with Crippen molar-refractivity contribution >= 4 is 11.9 Å². The third-order valence-electron chi connectivity index (χ3n) is 4.85. The molecule has 0 saturated heterocycles. The van der Waals surface area contributed by atoms with E-state index >= 15 is 0 Å². The molecular weight excluding hydrogens is 354 g/mol. The molecule has 3 N–H and O–H groups in total. The largest absolute Gasteiger partial charge is 0.351 e. The Morgan fingerprint density at radius 1 is 1.11 bits per heavy atom. The number of carbonyl (C=O) groups is 2. The van der Waals surface area contributed by atoms with E-state index in [9.17, 15) is 9.59 Å². The summed E-state index contributed by atoms with van der Waals surface area (Å²) in [6.07, 6.45) is 3.08. The maximum atomic E-state index is 12.4. The third-order valence-corrected chi connectivity index (χ3v) is 4.85. The van der Waals surface area contributed by atoms with Gasteiger partial charge in [0.05, 0.1) is 18.3 Å². The number of rotatable bonds is 4. The number of nitrogens with one attached hydrogen (secondary N) is 1. The Kier molecular flexibility index (Phi) is 4.72. The lowest BCUT2D eigenvalue weighted by Gasteiger charge is -2.24. The zero-order valence-electron chi connectivity index (χ0n) is 15.1. The van der Waals surface area contributed by atoms with Crippen molar-refractivity contribution in [3.8, 4) is 0 Å². The number of aromatic nitrogens is 2. The number of carbonyl (C=O) groups excluding carboxylic acids is 2. The minimum atomic E-state index is -0.465. The van der Waals surface area contributed by atoms with Gasteiger partial charge in [-0.25, -0.2) is 14.8 Å². The maximum absolute atomic E-state index is 12.4. The van der Waals surface area contributed by atoms with Crippen LogP contribution in [-0.2, 0) is 13.1 Å². The van der Waals surface area contributed by atoms with Gasteiger partial charge in [-0.3, -0.25) is 4.79 Å². The van der Waals surface area contributed by atoms with Gasteiger partial charge in [-0.2, -0.15) is 0 Å². The third kappa shape index (κ3) is 3.42. The van der Waals surface area contributed by atoms with E-state index < -0.39 is 6.03 Å². The summed E-state index contributed by atoms with van der Waals surface area (Å²) in [5, 5.41) is 2.83. The first-order chi connectivity index (χ1) is 13.6. The van der Waals surface area contributed by atoms with Crippen LogP contribution in [0.5, 0.6) is 0 Å². The molecule has 0 saturated carbocycles. The normalized spacial score (nSPS) is 15.1. The zero-order chi connectivity index (χ0) is 19.5. The standard InChI is InChI=1S/C21H19N5O2/c22-21(28)26-12-16-3-1-2-4-18(16)19(26)14-5-7-15(8-6-14)20(27)24-11-17-9-10-23-13-25-17/h1-10,13,19H,11-12H2,(H2,22,28)(H,24,27). The summed E-state index contributed by atoms with van der Waals surface area (Å²) in [5.41, 5.74) is 9.92. The lowest BCUT2D eigenvalue weighted by molar-refractivity contribution is 0.0950. The van der Waals surface area contributed by atoms with Gasteiger partial charge < -0.3 is 16.0 Å². The van der Waals surface area contributed by atoms with Crippen LogP contribution in [0.25, 0.3) is 0 Å². The summed E-state index contributed by atoms with van der Waals surface area (Å²) in [6.45, 7) is 0.811. The van der Waals surface area contributed by atoms with E-state index in [2.05, 4.69) is 15.3 Å². The topological polar surface area (TPSA) is 101 Å². The molecule has 0 spiro atoms. The van der Waals surface area contributed by atoms with Gasteiger partial charge in [0.2, 0.25) is 0 Å². The monoisotopic (exact) mass is 373 g/mol. The van der Waals surface area contributed by atoms with E-state index in [1.807, 2.05) is 36.4 Å². The molecule has 28 heavy (non-hydrogen) atoms. The van der Waals surface area contributed by atoms with Gasteiger partial charge in [-0.05, 0) is 34.9 Å². The zero-order valence-corrected chi connectivity index (χ0v) is 15.1. The van der Waals surface area contributed by atoms with E-state index in [0.29, 0.717) is 18.7 Å². The van der Waals surface area contributed by atoms with Gasteiger partial charge in [-0.1, -0.05) is 36.4 Å². The number of urea groups is 1. The Morgan fingerprint density at radius 3 is 2.61 bits per heavy atom. The first kappa shape index (κ1) is 17.7. The molecule has 0 bridgehead atoms. The molecule has 4 rings (SSSR count). The Bertz CT molecular complexity index is 1000. The second-order valence-corrected chi connectivity index (χ2v) is 6.57. The molecule has 0 radical (unpaired) electrons. The number of amides is 3. The molecule has 2 heterocycles. The average molecular weight is 373 g/mol. The molecule has 1 aliphatic rings. The summed E-state index contributed by atoms with van der Waals surface area (Å²) in [6, 6.07) is 16.2. The van der Waals surface area contributed by atoms with Gasteiger partial charge in [-0.15, -0.1) is 0 Å². The highest BCUT2D eigenvalue weighted by molar-refractivity contribution is 5.94. The molecule has 0 fully saturated rings. The Labute approximate surface area is 162 Å². The predicted octanol–water partition coefficient (Wildman–Crippen LogP) is 2.39. The fourth-order valence-corrected chi connectivity index (χ4v) is 3.46. The smallest absolute Gasteiger partial charge is 0.315 e. The predicted molar refractivity (Wildman–Crippen MR) is 103 cm³/mol. The SMILES string of the molecule is NC(=O)N1Cc2ccccc2C1c1ccc(C(=O)NCc2ccncn2)cc1. The number of primary amides is 1. The Morgan fingerprint density at radius 2 is 1.89 bits per heavy atom. The summed E-state index contributed by atoms with van der Waals surface area (Å²) < 4.78 is 0. The molecule has 1 atom stereocenters. The lowest BCUT2D eigenvalue weighted by atomic mass is 9.97. The van der Waals surface area contributed by atoms with Crippen molar-refractivity contribution in [2.45, 2.75) is 19.1 Å². The van der Waals surface area contributed by atoms with Crippen LogP contribution >= 0.6 is 0 Å². The van der Waals surface area contributed by atoms with Gasteiger partial charge in [0.25, 0.3) is 5.91 Å². The second kappa shape index (κ2) is 7.48. The minimum Gasteiger partial charge on any atom is -0.351 e. The van der Waals surface area contributed by atoms with E-state index in [1.54, 1.807) is 29.3 Å². The van der Waals surface area contributed by atoms with E-state index in [-0.39, 0.29) is 11.9 Å². The Balaban J connectivity index is 1.52. The maximum Gasteiger partial charge on any atom is 0.315 e. The Hall–Kier alpha value is -3.74. The van der Waals surface area contributed by atoms with Crippen LogP contribution in [0.1, 0.15) is 38.8 Å². The van der Waals surface area contributed by atoms with Crippen LogP contribution in [0.4, 0.5) is 4.79 Å². The first-order valence-corrected chi connectivity index (χ1v) is 8.90. The fraction of sp³-hybridized carbons (Fsp3) is 0.143. The highest BCUT2D eigenvalue weighted by Gasteiger charge is 2.33. The number of fused-ring (bicyclic) bond motifs is 1. The molecule has 1 aromatic heterocycles. The van der Waals surface area contributed by atoms with Crippen molar-refractivity contribution in [1.29, 1.82) is 0 Å². The van der Waals surface area contributed by atoms with Gasteiger partial charge in [0.1, 0.15) is 6.33 Å². The number of hydrogen-bond acceptors (Lipinski definition) is 4. The molecule has 0 aliphatic carbocycles. The number of hydrogen-bond donors (Lipinski definition) is 2. The molecule has 7 heteroatoms. The quantitative estimate of drug-likeness (QED) is 0.733. The van der Waals surface area contributed by atoms with Crippen LogP contribution in [0.3, 0.4) is 0 Å². The first-order valence-electron chi connectivity index (χ1n) is 8.90. The minimum absolute atomic E-state index is 0.191. The van der Waals surface area contributed by atoms with E-state index in [0.717, 1.165) is 22.4 Å². The van der Waals surface area contributed by atoms with E-state index in [1.165, 1.54) is 6.33 Å². The summed E-state index contributed by atoms with van der Waals surface area (Å²) in [7, 11) is 0. The number of nitrogens with two attached hydrogens (primary N) is 1. The van der Waals surface area contributed by atoms with Crippen LogP contribution < -0.4 is 11.1 Å². The fourth-order valence-electron chi connectivity index (χ4n) is 3.46. The molecular formula is C21H19N5O2. The highest BCUT2D eigenvalue weighted by Crippen LogP contribution is 2.38. The van der Waals surface area contributed by atoms with Crippen molar-refractivity contribution in [3.63, 3.8) is 0 Å². The molecule has 1 aliphatic heterocycles. The van der Waals surface area contributed by atoms with Gasteiger partial charge in [0.15, 0.2) is 0 Å². The van der Waals surface area contributed by atoms with Gasteiger partial charge in [0, 0.05) is 18.3 Å². The summed E-state index contributed by atoms with van der Waals surface area (Å²) in [5.74, 6) is -0.191. The van der Waals surface area contributed by atoms with E-state index in [4.69, 9.17) is 5.73 Å². The summed E-state index contributed by atoms with van der Waals surface area (Å²) >= 11 is 0. The van der Waals surface area contributed by atoms with Crippen LogP contribution in [-0.4, -0.2) is 26.8 Å². The van der Waals surface area contributed by atoms with Crippen LogP contribution in [0.15, 0.2) is 67.1 Å². The summed E-state index contributed by atoms with van der Waals surface area (Å²) in [4.78, 5) is 33.9. The van der Waals surface area contributed by atoms with Crippen LogP contribution in [0, 0.1) is 0 Å². The van der Waals surface area contributed by atoms with Gasteiger partial charge >= 0.3 is 6.03 Å². The lowest BCUT2D eigenvalue weighted by Crippen LogP contribution is -2.34. The van der Waals surface area contributed by atoms with Crippen LogP contribution in [0.2, 0.25) is 0 Å². The van der Waals surface area contributed by atoms with Crippen molar-refractivity contribution in [2.24, 2.45) is 5.73 Å². The van der Waals surface area contributed by atoms with Crippen molar-refractivity contribution in [3.05, 3.63) is 95.1 Å². The van der Waals surface area contributed by atoms with Crippen molar-refractivity contribution in [2.75, 3.05) is 0 Å². The molecule has 7 nitrogen and oxygen atoms in total. The molecule has 140 valence electrons. The number of nitrogens with zero attached hydrogens (tertiary/aromatic N) is 3. The molecule has 1 unspecified atom stereocenters. The average Bonchev–Trinajstić information content (AvgIpc) is 3.13. The van der Waals surface area contributed by atoms with Crippen molar-refractivity contribution in [1.82, 2.24) is 20.2 Å². The highest BCUT2D eigenvalue weighted by atomic mass is 16.2. The molecule has 3 amide bonds. The molecule has 2 aromatic carbocycles.